The van der Waals surface area contributed by atoms with Crippen LogP contribution >= 0.6 is 27.3 Å². The zero-order valence-corrected chi connectivity index (χ0v) is 14.0. The summed E-state index contributed by atoms with van der Waals surface area (Å²) in [5.41, 5.74) is 4.32. The Hall–Kier alpha value is -1.40. The highest BCUT2D eigenvalue weighted by molar-refractivity contribution is 9.10. The molecule has 1 heterocycles. The Bertz CT molecular complexity index is 650. The number of carbonyl (C=O) groups excluding carboxylic acids is 1. The van der Waals surface area contributed by atoms with Crippen molar-refractivity contribution in [1.29, 1.82) is 0 Å². The molecule has 1 aliphatic rings. The molecule has 0 unspecified atom stereocenters. The third-order valence-corrected chi connectivity index (χ3v) is 5.11. The number of carbonyl (C=O) groups is 1. The molecule has 21 heavy (non-hydrogen) atoms. The molecule has 0 bridgehead atoms. The predicted octanol–water partition coefficient (Wildman–Crippen LogP) is 4.63. The summed E-state index contributed by atoms with van der Waals surface area (Å²) in [6.45, 7) is 2.02. The Kier molecular flexibility index (Phi) is 3.99. The number of thiazole rings is 1. The highest BCUT2D eigenvalue weighted by Crippen LogP contribution is 2.49. The number of benzene rings is 1. The minimum atomic E-state index is -0.251. The molecular weight excluding hydrogens is 352 g/mol. The van der Waals surface area contributed by atoms with E-state index >= 15 is 0 Å². The van der Waals surface area contributed by atoms with Gasteiger partial charge in [0.15, 0.2) is 0 Å². The second-order valence-corrected chi connectivity index (χ2v) is 6.94. The van der Waals surface area contributed by atoms with Gasteiger partial charge in [-0.05, 0) is 31.4 Å². The summed E-state index contributed by atoms with van der Waals surface area (Å²) in [5, 5.41) is 2.53. The summed E-state index contributed by atoms with van der Waals surface area (Å²) >= 11 is 4.83. The highest BCUT2D eigenvalue weighted by Gasteiger charge is 2.50. The van der Waals surface area contributed by atoms with Crippen LogP contribution < -0.4 is 5.48 Å². The molecule has 0 aliphatic heterocycles. The fourth-order valence-electron chi connectivity index (χ4n) is 2.13. The van der Waals surface area contributed by atoms with Crippen molar-refractivity contribution in [2.45, 2.75) is 26.2 Å². The summed E-state index contributed by atoms with van der Waals surface area (Å²) in [5.74, 6) is -0.176. The van der Waals surface area contributed by atoms with Crippen LogP contribution in [-0.2, 0) is 9.63 Å². The Morgan fingerprint density at radius 1 is 1.43 bits per heavy atom. The predicted molar refractivity (Wildman–Crippen MR) is 86.9 cm³/mol. The average molecular weight is 367 g/mol. The number of rotatable bonds is 5. The van der Waals surface area contributed by atoms with E-state index in [2.05, 4.69) is 26.4 Å². The Balaban J connectivity index is 1.63. The lowest BCUT2D eigenvalue weighted by Crippen LogP contribution is -2.21. The molecule has 3 rings (SSSR count). The van der Waals surface area contributed by atoms with Gasteiger partial charge < -0.3 is 4.84 Å². The van der Waals surface area contributed by atoms with Crippen molar-refractivity contribution < 1.29 is 9.63 Å². The second-order valence-electron chi connectivity index (χ2n) is 5.17. The van der Waals surface area contributed by atoms with Crippen molar-refractivity contribution in [3.63, 3.8) is 0 Å². The molecule has 2 aromatic rings. The summed E-state index contributed by atoms with van der Waals surface area (Å²) in [7, 11) is 0. The number of aromatic nitrogens is 1. The summed E-state index contributed by atoms with van der Waals surface area (Å²) in [6, 6.07) is 7.93. The lowest BCUT2D eigenvalue weighted by atomic mass is 10.1. The van der Waals surface area contributed by atoms with Gasteiger partial charge in [0.05, 0.1) is 11.1 Å². The molecule has 1 fully saturated rings. The maximum absolute atomic E-state index is 11.9. The van der Waals surface area contributed by atoms with Gasteiger partial charge in [-0.25, -0.2) is 9.78 Å². The van der Waals surface area contributed by atoms with Crippen LogP contribution in [0.15, 0.2) is 34.1 Å². The van der Waals surface area contributed by atoms with Crippen molar-refractivity contribution in [2.24, 2.45) is 5.41 Å². The number of nitrogens with zero attached hydrogens (tertiary/aromatic N) is 1. The van der Waals surface area contributed by atoms with E-state index in [1.807, 2.05) is 36.6 Å². The van der Waals surface area contributed by atoms with Crippen molar-refractivity contribution in [2.75, 3.05) is 5.48 Å². The molecule has 0 radical (unpaired) electrons. The molecule has 1 aromatic carbocycles. The van der Waals surface area contributed by atoms with E-state index in [1.54, 1.807) is 0 Å². The molecule has 1 saturated carbocycles. The monoisotopic (exact) mass is 366 g/mol. The number of anilines is 1. The van der Waals surface area contributed by atoms with Gasteiger partial charge in [-0.1, -0.05) is 35.0 Å². The third kappa shape index (κ3) is 3.11. The van der Waals surface area contributed by atoms with Gasteiger partial charge in [0, 0.05) is 15.4 Å². The highest BCUT2D eigenvalue weighted by atomic mass is 79.9. The molecule has 0 spiro atoms. The van der Waals surface area contributed by atoms with Crippen molar-refractivity contribution in [3.05, 3.63) is 34.1 Å². The first-order valence-corrected chi connectivity index (χ1v) is 8.49. The topological polar surface area (TPSA) is 51.2 Å². The normalized spacial score (nSPS) is 15.5. The van der Waals surface area contributed by atoms with Gasteiger partial charge in [-0.3, -0.25) is 0 Å². The fourth-order valence-corrected chi connectivity index (χ4v) is 3.04. The smallest absolute Gasteiger partial charge is 0.338 e. The van der Waals surface area contributed by atoms with E-state index in [-0.39, 0.29) is 11.4 Å². The van der Waals surface area contributed by atoms with Crippen LogP contribution in [0, 0.1) is 5.41 Å². The molecule has 1 N–H and O–H groups in total. The zero-order chi connectivity index (χ0) is 14.9. The molecule has 110 valence electrons. The van der Waals surface area contributed by atoms with E-state index in [0.717, 1.165) is 35.0 Å². The lowest BCUT2D eigenvalue weighted by molar-refractivity contribution is -0.147. The number of hydrogen-bond acceptors (Lipinski definition) is 5. The molecule has 0 amide bonds. The zero-order valence-electron chi connectivity index (χ0n) is 11.6. The van der Waals surface area contributed by atoms with Crippen molar-refractivity contribution in [3.8, 4) is 11.3 Å². The van der Waals surface area contributed by atoms with E-state index in [4.69, 9.17) is 4.84 Å². The molecular formula is C15H15BrN2O2S. The van der Waals surface area contributed by atoms with Crippen molar-refractivity contribution in [1.82, 2.24) is 4.98 Å². The van der Waals surface area contributed by atoms with Crippen LogP contribution in [0.1, 0.15) is 26.2 Å². The Morgan fingerprint density at radius 2 is 2.14 bits per heavy atom. The molecule has 1 aromatic heterocycles. The standard InChI is InChI=1S/C15H15BrN2O2S/c1-2-15(7-8-15)13(19)20-18-14-17-12(9-21-14)10-3-5-11(16)6-4-10/h3-6,9H,2,7-8H2,1H3,(H,17,18). The third-order valence-electron chi connectivity index (χ3n) is 3.84. The first-order valence-electron chi connectivity index (χ1n) is 6.82. The molecule has 4 nitrogen and oxygen atoms in total. The maximum Gasteiger partial charge on any atom is 0.338 e. The summed E-state index contributed by atoms with van der Waals surface area (Å²) in [4.78, 5) is 21.5. The molecule has 0 saturated heterocycles. The minimum Gasteiger partial charge on any atom is -0.341 e. The number of hydrogen-bond donors (Lipinski definition) is 1. The SMILES string of the molecule is CCC1(C(=O)ONc2nc(-c3ccc(Br)cc3)cs2)CC1. The van der Waals surface area contributed by atoms with Gasteiger partial charge in [0.25, 0.3) is 0 Å². The molecule has 1 aliphatic carbocycles. The Labute approximate surface area is 135 Å². The molecule has 6 heteroatoms. The van der Waals surface area contributed by atoms with Crippen LogP contribution in [0.3, 0.4) is 0 Å². The second kappa shape index (κ2) is 5.77. The molecule has 0 atom stereocenters. The number of halogens is 1. The van der Waals surface area contributed by atoms with Crippen molar-refractivity contribution >= 4 is 38.4 Å². The fraction of sp³-hybridized carbons (Fsp3) is 0.333. The van der Waals surface area contributed by atoms with E-state index in [1.165, 1.54) is 11.3 Å². The first-order chi connectivity index (χ1) is 10.1. The minimum absolute atomic E-state index is 0.176. The van der Waals surface area contributed by atoms with Crippen LogP contribution in [0.5, 0.6) is 0 Å². The summed E-state index contributed by atoms with van der Waals surface area (Å²) in [6.07, 6.45) is 2.67. The van der Waals surface area contributed by atoms with Gasteiger partial charge in [-0.2, -0.15) is 5.48 Å². The first kappa shape index (κ1) is 14.5. The van der Waals surface area contributed by atoms with Crippen LogP contribution in [-0.4, -0.2) is 11.0 Å². The average Bonchev–Trinajstić information content (AvgIpc) is 3.17. The summed E-state index contributed by atoms with van der Waals surface area (Å²) < 4.78 is 1.03. The van der Waals surface area contributed by atoms with Crippen LogP contribution in [0.2, 0.25) is 0 Å². The maximum atomic E-state index is 11.9. The van der Waals surface area contributed by atoms with Gasteiger partial charge in [-0.15, -0.1) is 11.3 Å². The van der Waals surface area contributed by atoms with E-state index in [9.17, 15) is 4.79 Å². The quantitative estimate of drug-likeness (QED) is 0.783. The van der Waals surface area contributed by atoms with E-state index in [0.29, 0.717) is 5.13 Å². The Morgan fingerprint density at radius 3 is 2.76 bits per heavy atom. The lowest BCUT2D eigenvalue weighted by Gasteiger charge is -2.10. The van der Waals surface area contributed by atoms with Gasteiger partial charge >= 0.3 is 5.97 Å². The number of nitrogens with one attached hydrogen (secondary N) is 1. The van der Waals surface area contributed by atoms with Gasteiger partial charge in [0.2, 0.25) is 5.13 Å². The van der Waals surface area contributed by atoms with Crippen LogP contribution in [0.25, 0.3) is 11.3 Å². The van der Waals surface area contributed by atoms with Crippen LogP contribution in [0.4, 0.5) is 5.13 Å². The largest absolute Gasteiger partial charge is 0.341 e. The van der Waals surface area contributed by atoms with E-state index < -0.39 is 0 Å². The van der Waals surface area contributed by atoms with Gasteiger partial charge in [0.1, 0.15) is 0 Å².